The van der Waals surface area contributed by atoms with Crippen molar-refractivity contribution in [1.29, 1.82) is 0 Å². The fourth-order valence-corrected chi connectivity index (χ4v) is 2.48. The van der Waals surface area contributed by atoms with E-state index in [0.717, 1.165) is 18.7 Å². The predicted octanol–water partition coefficient (Wildman–Crippen LogP) is 1.37. The molecule has 9 heteroatoms. The first-order valence-electron chi connectivity index (χ1n) is 6.07. The highest BCUT2D eigenvalue weighted by Crippen LogP contribution is 2.29. The average Bonchev–Trinajstić information content (AvgIpc) is 2.94. The molecule has 1 fully saturated rings. The highest BCUT2D eigenvalue weighted by molar-refractivity contribution is 8.00. The van der Waals surface area contributed by atoms with Gasteiger partial charge in [0, 0.05) is 32.4 Å². The molecule has 112 valence electrons. The van der Waals surface area contributed by atoms with E-state index in [0.29, 0.717) is 6.54 Å². The summed E-state index contributed by atoms with van der Waals surface area (Å²) in [7, 11) is 1.81. The van der Waals surface area contributed by atoms with Crippen molar-refractivity contribution < 1.29 is 18.0 Å². The smallest absolute Gasteiger partial charge is 0.367 e. The molecule has 0 aromatic carbocycles. The van der Waals surface area contributed by atoms with E-state index in [9.17, 15) is 18.0 Å². The summed E-state index contributed by atoms with van der Waals surface area (Å²) in [5.41, 5.74) is -3.41. The lowest BCUT2D eigenvalue weighted by Crippen LogP contribution is -2.38. The zero-order valence-electron chi connectivity index (χ0n) is 10.9. The molecule has 1 aromatic heterocycles. The van der Waals surface area contributed by atoms with E-state index >= 15 is 0 Å². The van der Waals surface area contributed by atoms with Crippen LogP contribution in [0.15, 0.2) is 12.4 Å². The first kappa shape index (κ1) is 15.0. The van der Waals surface area contributed by atoms with Crippen molar-refractivity contribution in [2.45, 2.75) is 18.0 Å². The Labute approximate surface area is 118 Å². The zero-order valence-corrected chi connectivity index (χ0v) is 11.7. The molecule has 1 atom stereocenters. The summed E-state index contributed by atoms with van der Waals surface area (Å²) in [5, 5.41) is 6.69. The second-order valence-electron chi connectivity index (χ2n) is 4.61. The molecule has 2 heterocycles. The Morgan fingerprint density at radius 1 is 1.60 bits per heavy atom. The summed E-state index contributed by atoms with van der Waals surface area (Å²) in [6.45, 7) is 1.34. The highest BCUT2D eigenvalue weighted by Gasteiger charge is 2.30. The summed E-state index contributed by atoms with van der Waals surface area (Å²) < 4.78 is 37.6. The van der Waals surface area contributed by atoms with Crippen LogP contribution in [-0.2, 0) is 11.8 Å². The van der Waals surface area contributed by atoms with E-state index in [1.807, 2.05) is 13.2 Å². The Kier molecular flexibility index (Phi) is 4.46. The molecule has 0 radical (unpaired) electrons. The van der Waals surface area contributed by atoms with Crippen LogP contribution in [-0.4, -0.2) is 46.1 Å². The van der Waals surface area contributed by atoms with Gasteiger partial charge in [-0.25, -0.2) is 0 Å². The highest BCUT2D eigenvalue weighted by atomic mass is 32.2. The van der Waals surface area contributed by atoms with E-state index in [1.165, 1.54) is 0 Å². The summed E-state index contributed by atoms with van der Waals surface area (Å²) >= 11 is -0.313. The molecular weight excluding hydrogens is 293 g/mol. The zero-order chi connectivity index (χ0) is 14.8. The number of alkyl halides is 3. The molecule has 1 aliphatic rings. The summed E-state index contributed by atoms with van der Waals surface area (Å²) in [5.74, 6) is -1.17. The molecule has 1 aromatic rings. The van der Waals surface area contributed by atoms with E-state index in [-0.39, 0.29) is 17.8 Å². The first-order valence-corrected chi connectivity index (χ1v) is 7.06. The second-order valence-corrected chi connectivity index (χ2v) is 5.65. The van der Waals surface area contributed by atoms with Gasteiger partial charge in [-0.2, -0.15) is 18.3 Å². The van der Waals surface area contributed by atoms with Gasteiger partial charge in [0.15, 0.2) is 0 Å². The number of hydrogen-bond acceptors (Lipinski definition) is 4. The Hall–Kier alpha value is -1.38. The maximum Gasteiger partial charge on any atom is 0.442 e. The van der Waals surface area contributed by atoms with Crippen molar-refractivity contribution in [2.24, 2.45) is 7.05 Å². The predicted molar refractivity (Wildman–Crippen MR) is 70.5 cm³/mol. The Bertz CT molecular complexity index is 476. The number of hydrogen-bond donors (Lipinski definition) is 1. The standard InChI is InChI=1S/C11H15F3N4OS/c1-17-6-9(4-15-17)18-3-2-8(5-18)16-10(19)7-20-11(12,13)14/h4,6,8H,2-3,5,7H2,1H3,(H,16,19). The third-order valence-electron chi connectivity index (χ3n) is 2.98. The minimum Gasteiger partial charge on any atom is -0.367 e. The van der Waals surface area contributed by atoms with Crippen LogP contribution >= 0.6 is 11.8 Å². The molecule has 20 heavy (non-hydrogen) atoms. The van der Waals surface area contributed by atoms with Crippen molar-refractivity contribution in [1.82, 2.24) is 15.1 Å². The normalized spacial score (nSPS) is 19.4. The van der Waals surface area contributed by atoms with E-state index in [4.69, 9.17) is 0 Å². The maximum atomic E-state index is 12.0. The molecular formula is C11H15F3N4OS. The number of thioether (sulfide) groups is 1. The quantitative estimate of drug-likeness (QED) is 0.913. The number of rotatable bonds is 4. The van der Waals surface area contributed by atoms with Crippen molar-refractivity contribution in [3.05, 3.63) is 12.4 Å². The number of carbonyl (C=O) groups excluding carboxylic acids is 1. The van der Waals surface area contributed by atoms with Gasteiger partial charge in [-0.05, 0) is 18.2 Å². The Balaban J connectivity index is 1.77. The van der Waals surface area contributed by atoms with Crippen LogP contribution < -0.4 is 10.2 Å². The summed E-state index contributed by atoms with van der Waals surface area (Å²) in [6, 6.07) is -0.114. The second kappa shape index (κ2) is 5.94. The van der Waals surface area contributed by atoms with Crippen molar-refractivity contribution in [2.75, 3.05) is 23.7 Å². The van der Waals surface area contributed by atoms with Gasteiger partial charge < -0.3 is 10.2 Å². The molecule has 1 N–H and O–H groups in total. The minimum absolute atomic E-state index is 0.114. The first-order chi connectivity index (χ1) is 9.33. The lowest BCUT2D eigenvalue weighted by molar-refractivity contribution is -0.119. The van der Waals surface area contributed by atoms with Gasteiger partial charge in [-0.1, -0.05) is 0 Å². The SMILES string of the molecule is Cn1cc(N2CCC(NC(=O)CSC(F)(F)F)C2)cn1. The molecule has 0 aliphatic carbocycles. The third-order valence-corrected chi connectivity index (χ3v) is 3.71. The summed E-state index contributed by atoms with van der Waals surface area (Å²) in [6.07, 6.45) is 4.31. The van der Waals surface area contributed by atoms with E-state index < -0.39 is 17.2 Å². The molecule has 0 saturated carbocycles. The number of aryl methyl sites for hydroxylation is 1. The van der Waals surface area contributed by atoms with Gasteiger partial charge in [0.05, 0.1) is 17.6 Å². The van der Waals surface area contributed by atoms with Gasteiger partial charge in [0.2, 0.25) is 5.91 Å². The lowest BCUT2D eigenvalue weighted by Gasteiger charge is -2.17. The van der Waals surface area contributed by atoms with Gasteiger partial charge >= 0.3 is 5.51 Å². The monoisotopic (exact) mass is 308 g/mol. The van der Waals surface area contributed by atoms with Gasteiger partial charge in [0.25, 0.3) is 0 Å². The van der Waals surface area contributed by atoms with Crippen LogP contribution in [0, 0.1) is 0 Å². The van der Waals surface area contributed by atoms with Gasteiger partial charge in [0.1, 0.15) is 0 Å². The molecule has 2 rings (SSSR count). The van der Waals surface area contributed by atoms with Crippen LogP contribution in [0.1, 0.15) is 6.42 Å². The fraction of sp³-hybridized carbons (Fsp3) is 0.636. The maximum absolute atomic E-state index is 12.0. The molecule has 1 unspecified atom stereocenters. The fourth-order valence-electron chi connectivity index (χ4n) is 2.10. The molecule has 0 bridgehead atoms. The third kappa shape index (κ3) is 4.32. The number of anilines is 1. The lowest BCUT2D eigenvalue weighted by atomic mass is 10.2. The van der Waals surface area contributed by atoms with Crippen LogP contribution in [0.2, 0.25) is 0 Å². The number of halogens is 3. The topological polar surface area (TPSA) is 50.2 Å². The number of nitrogens with zero attached hydrogens (tertiary/aromatic N) is 3. The average molecular weight is 308 g/mol. The van der Waals surface area contributed by atoms with Crippen molar-refractivity contribution >= 4 is 23.4 Å². The van der Waals surface area contributed by atoms with Crippen LogP contribution in [0.3, 0.4) is 0 Å². The van der Waals surface area contributed by atoms with Crippen LogP contribution in [0.4, 0.5) is 18.9 Å². The molecule has 0 spiro atoms. The van der Waals surface area contributed by atoms with Crippen molar-refractivity contribution in [3.8, 4) is 0 Å². The number of amides is 1. The van der Waals surface area contributed by atoms with Crippen molar-refractivity contribution in [3.63, 3.8) is 0 Å². The van der Waals surface area contributed by atoms with Gasteiger partial charge in [-0.3, -0.25) is 9.48 Å². The van der Waals surface area contributed by atoms with Gasteiger partial charge in [-0.15, -0.1) is 0 Å². The van der Waals surface area contributed by atoms with Crippen LogP contribution in [0.25, 0.3) is 0 Å². The molecule has 1 aliphatic heterocycles. The number of nitrogens with one attached hydrogen (secondary N) is 1. The number of carbonyl (C=O) groups is 1. The number of aromatic nitrogens is 2. The molecule has 1 saturated heterocycles. The minimum atomic E-state index is -4.37. The van der Waals surface area contributed by atoms with E-state index in [2.05, 4.69) is 15.3 Å². The Morgan fingerprint density at radius 3 is 2.95 bits per heavy atom. The van der Waals surface area contributed by atoms with E-state index in [1.54, 1.807) is 10.9 Å². The summed E-state index contributed by atoms with van der Waals surface area (Å²) in [4.78, 5) is 13.5. The molecule has 5 nitrogen and oxygen atoms in total. The Morgan fingerprint density at radius 2 is 2.35 bits per heavy atom. The van der Waals surface area contributed by atoms with Crippen LogP contribution in [0.5, 0.6) is 0 Å². The molecule has 1 amide bonds. The largest absolute Gasteiger partial charge is 0.442 e.